The van der Waals surface area contributed by atoms with Gasteiger partial charge in [-0.2, -0.15) is 0 Å². The van der Waals surface area contributed by atoms with E-state index in [0.717, 1.165) is 16.5 Å². The molecule has 3 aromatic rings. The lowest BCUT2D eigenvalue weighted by molar-refractivity contribution is 0.102. The molecule has 6 heteroatoms. The van der Waals surface area contributed by atoms with Crippen molar-refractivity contribution in [3.05, 3.63) is 64.2 Å². The second kappa shape index (κ2) is 5.40. The zero-order chi connectivity index (χ0) is 15.7. The van der Waals surface area contributed by atoms with Crippen LogP contribution in [-0.4, -0.2) is 20.4 Å². The second-order valence-corrected chi connectivity index (χ2v) is 5.02. The van der Waals surface area contributed by atoms with Gasteiger partial charge in [-0.3, -0.25) is 14.9 Å². The Morgan fingerprint density at radius 3 is 2.59 bits per heavy atom. The molecule has 0 spiro atoms. The zero-order valence-electron chi connectivity index (χ0n) is 12.2. The molecular formula is C16H14N4O2. The predicted octanol–water partition coefficient (Wildman–Crippen LogP) is 1.89. The lowest BCUT2D eigenvalue weighted by atomic mass is 10.1. The second-order valence-electron chi connectivity index (χ2n) is 5.02. The fourth-order valence-corrected chi connectivity index (χ4v) is 2.21. The molecule has 0 saturated carbocycles. The quantitative estimate of drug-likeness (QED) is 0.783. The van der Waals surface area contributed by atoms with Gasteiger partial charge in [-0.15, -0.1) is 0 Å². The topological polar surface area (TPSA) is 76.9 Å². The lowest BCUT2D eigenvalue weighted by Gasteiger charge is -2.08. The molecule has 0 aliphatic carbocycles. The van der Waals surface area contributed by atoms with Crippen molar-refractivity contribution in [2.75, 3.05) is 5.32 Å². The first-order chi connectivity index (χ1) is 10.6. The third-order valence-electron chi connectivity index (χ3n) is 3.38. The van der Waals surface area contributed by atoms with Gasteiger partial charge in [-0.25, -0.2) is 9.97 Å². The van der Waals surface area contributed by atoms with E-state index < -0.39 is 5.91 Å². The van der Waals surface area contributed by atoms with Crippen LogP contribution in [0.5, 0.6) is 0 Å². The number of carbonyl (C=O) groups excluding carboxylic acids is 1. The van der Waals surface area contributed by atoms with Crippen LogP contribution in [-0.2, 0) is 7.05 Å². The molecule has 0 aliphatic rings. The van der Waals surface area contributed by atoms with Gasteiger partial charge in [-0.1, -0.05) is 18.2 Å². The Bertz CT molecular complexity index is 914. The molecular weight excluding hydrogens is 280 g/mol. The van der Waals surface area contributed by atoms with Crippen molar-refractivity contribution in [2.45, 2.75) is 6.92 Å². The highest BCUT2D eigenvalue weighted by atomic mass is 16.2. The molecule has 22 heavy (non-hydrogen) atoms. The first-order valence-electron chi connectivity index (χ1n) is 6.75. The molecule has 0 fully saturated rings. The summed E-state index contributed by atoms with van der Waals surface area (Å²) >= 11 is 0. The van der Waals surface area contributed by atoms with Crippen LogP contribution in [0.2, 0.25) is 0 Å². The van der Waals surface area contributed by atoms with E-state index in [0.29, 0.717) is 0 Å². The Morgan fingerprint density at radius 1 is 1.18 bits per heavy atom. The van der Waals surface area contributed by atoms with Crippen molar-refractivity contribution in [3.63, 3.8) is 0 Å². The third kappa shape index (κ3) is 2.46. The minimum atomic E-state index is -0.518. The van der Waals surface area contributed by atoms with Crippen LogP contribution in [0.15, 0.2) is 47.5 Å². The number of benzene rings is 1. The van der Waals surface area contributed by atoms with Crippen molar-refractivity contribution in [3.8, 4) is 0 Å². The largest absolute Gasteiger partial charge is 0.311 e. The van der Waals surface area contributed by atoms with Gasteiger partial charge in [-0.05, 0) is 30.0 Å². The van der Waals surface area contributed by atoms with Crippen molar-refractivity contribution >= 4 is 22.8 Å². The van der Waals surface area contributed by atoms with Crippen LogP contribution in [0.3, 0.4) is 0 Å². The fraction of sp³-hybridized carbons (Fsp3) is 0.125. The Morgan fingerprint density at radius 2 is 1.86 bits per heavy atom. The molecule has 0 saturated heterocycles. The summed E-state index contributed by atoms with van der Waals surface area (Å²) in [6, 6.07) is 8.98. The van der Waals surface area contributed by atoms with Gasteiger partial charge >= 0.3 is 0 Å². The molecule has 2 aromatic heterocycles. The minimum Gasteiger partial charge on any atom is -0.311 e. The number of anilines is 1. The van der Waals surface area contributed by atoms with Crippen LogP contribution >= 0.6 is 0 Å². The van der Waals surface area contributed by atoms with Gasteiger partial charge < -0.3 is 4.57 Å². The number of nitrogens with zero attached hydrogens (tertiary/aromatic N) is 3. The summed E-state index contributed by atoms with van der Waals surface area (Å²) in [5.41, 5.74) is 1.36. The van der Waals surface area contributed by atoms with Crippen LogP contribution in [0.1, 0.15) is 15.9 Å². The number of hydrogen-bond acceptors (Lipinski definition) is 4. The number of aromatic nitrogens is 3. The monoisotopic (exact) mass is 294 g/mol. The van der Waals surface area contributed by atoms with Crippen LogP contribution in [0.25, 0.3) is 10.9 Å². The summed E-state index contributed by atoms with van der Waals surface area (Å²) in [6.45, 7) is 1.85. The van der Waals surface area contributed by atoms with E-state index in [9.17, 15) is 9.59 Å². The van der Waals surface area contributed by atoms with Gasteiger partial charge in [0.25, 0.3) is 11.5 Å². The van der Waals surface area contributed by atoms with Crippen molar-refractivity contribution in [1.82, 2.24) is 14.5 Å². The highest BCUT2D eigenvalue weighted by molar-refractivity contribution is 6.04. The zero-order valence-corrected chi connectivity index (χ0v) is 12.2. The van der Waals surface area contributed by atoms with Crippen molar-refractivity contribution in [2.24, 2.45) is 7.05 Å². The SMILES string of the molecule is Cc1cnc(NC(=O)c2cc3ccccc3n(C)c2=O)nc1. The van der Waals surface area contributed by atoms with Gasteiger partial charge in [0.15, 0.2) is 0 Å². The molecule has 3 rings (SSSR count). The van der Waals surface area contributed by atoms with Crippen molar-refractivity contribution in [1.29, 1.82) is 0 Å². The van der Waals surface area contributed by atoms with Crippen LogP contribution < -0.4 is 10.9 Å². The van der Waals surface area contributed by atoms with E-state index in [-0.39, 0.29) is 17.1 Å². The van der Waals surface area contributed by atoms with Gasteiger partial charge in [0.1, 0.15) is 5.56 Å². The van der Waals surface area contributed by atoms with Crippen LogP contribution in [0, 0.1) is 6.92 Å². The molecule has 0 unspecified atom stereocenters. The maximum Gasteiger partial charge on any atom is 0.263 e. The number of rotatable bonds is 2. The maximum absolute atomic E-state index is 12.3. The summed E-state index contributed by atoms with van der Waals surface area (Å²) in [7, 11) is 1.64. The lowest BCUT2D eigenvalue weighted by Crippen LogP contribution is -2.28. The Hall–Kier alpha value is -3.02. The molecule has 0 aliphatic heterocycles. The molecule has 1 amide bonds. The van der Waals surface area contributed by atoms with Gasteiger partial charge in [0.05, 0.1) is 5.52 Å². The Balaban J connectivity index is 2.02. The average Bonchev–Trinajstić information content (AvgIpc) is 2.53. The molecule has 6 nitrogen and oxygen atoms in total. The van der Waals surface area contributed by atoms with E-state index >= 15 is 0 Å². The average molecular weight is 294 g/mol. The Kier molecular flexibility index (Phi) is 3.42. The fourth-order valence-electron chi connectivity index (χ4n) is 2.21. The molecule has 0 radical (unpaired) electrons. The predicted molar refractivity (Wildman–Crippen MR) is 83.9 cm³/mol. The molecule has 1 aromatic carbocycles. The maximum atomic E-state index is 12.3. The number of carbonyl (C=O) groups is 1. The van der Waals surface area contributed by atoms with Crippen LogP contribution in [0.4, 0.5) is 5.95 Å². The number of hydrogen-bond donors (Lipinski definition) is 1. The summed E-state index contributed by atoms with van der Waals surface area (Å²) in [5, 5.41) is 3.36. The van der Waals surface area contributed by atoms with E-state index in [1.807, 2.05) is 31.2 Å². The standard InChI is InChI=1S/C16H14N4O2/c1-10-8-17-16(18-9-10)19-14(21)12-7-11-5-3-4-6-13(11)20(2)15(12)22/h3-9H,1-2H3,(H,17,18,19,21). The number of nitrogens with one attached hydrogen (secondary N) is 1. The normalized spacial score (nSPS) is 10.6. The highest BCUT2D eigenvalue weighted by Gasteiger charge is 2.15. The number of amides is 1. The Labute approximate surface area is 126 Å². The van der Waals surface area contributed by atoms with E-state index in [1.54, 1.807) is 25.5 Å². The third-order valence-corrected chi connectivity index (χ3v) is 3.38. The highest BCUT2D eigenvalue weighted by Crippen LogP contribution is 2.13. The first kappa shape index (κ1) is 13.9. The smallest absolute Gasteiger partial charge is 0.263 e. The first-order valence-corrected chi connectivity index (χ1v) is 6.75. The van der Waals surface area contributed by atoms with E-state index in [4.69, 9.17) is 0 Å². The molecule has 0 bridgehead atoms. The summed E-state index contributed by atoms with van der Waals surface area (Å²) in [4.78, 5) is 32.7. The number of para-hydroxylation sites is 1. The molecule has 1 N–H and O–H groups in total. The van der Waals surface area contributed by atoms with Gasteiger partial charge in [0.2, 0.25) is 5.95 Å². The van der Waals surface area contributed by atoms with Crippen molar-refractivity contribution < 1.29 is 4.79 Å². The minimum absolute atomic E-state index is 0.0605. The molecule has 0 atom stereocenters. The molecule has 2 heterocycles. The number of pyridine rings is 1. The number of fused-ring (bicyclic) bond motifs is 1. The summed E-state index contributed by atoms with van der Waals surface area (Å²) in [5.74, 6) is -0.346. The summed E-state index contributed by atoms with van der Waals surface area (Å²) in [6.07, 6.45) is 3.20. The van der Waals surface area contributed by atoms with Gasteiger partial charge in [0, 0.05) is 19.4 Å². The molecule has 110 valence electrons. The van der Waals surface area contributed by atoms with E-state index in [2.05, 4.69) is 15.3 Å². The van der Waals surface area contributed by atoms with E-state index in [1.165, 1.54) is 4.57 Å². The summed E-state index contributed by atoms with van der Waals surface area (Å²) < 4.78 is 1.46. The number of aryl methyl sites for hydroxylation is 2.